The molecular formula is C25H34N4O4S. The molecule has 4 unspecified atom stereocenters. The molecule has 2 heterocycles. The number of aromatic nitrogens is 1. The minimum Gasteiger partial charge on any atom is -0.391 e. The van der Waals surface area contributed by atoms with Gasteiger partial charge < -0.3 is 20.6 Å². The van der Waals surface area contributed by atoms with E-state index in [0.717, 1.165) is 21.7 Å². The number of rotatable bonds is 6. The third kappa shape index (κ3) is 5.82. The zero-order valence-corrected chi connectivity index (χ0v) is 21.4. The molecule has 1 saturated heterocycles. The molecule has 3 N–H and O–H groups in total. The van der Waals surface area contributed by atoms with Gasteiger partial charge in [-0.05, 0) is 30.4 Å². The number of β-amino-alcohol motifs (C(OH)–C–C–N with tert-alkyl or cyclic N) is 1. The number of thiazole rings is 1. The largest absolute Gasteiger partial charge is 0.391 e. The van der Waals surface area contributed by atoms with Gasteiger partial charge in [0.05, 0.1) is 28.2 Å². The van der Waals surface area contributed by atoms with Gasteiger partial charge in [0.25, 0.3) is 0 Å². The van der Waals surface area contributed by atoms with Crippen molar-refractivity contribution in [3.63, 3.8) is 0 Å². The van der Waals surface area contributed by atoms with Crippen molar-refractivity contribution in [1.82, 2.24) is 20.5 Å². The molecule has 9 heteroatoms. The quantitative estimate of drug-likeness (QED) is 0.581. The van der Waals surface area contributed by atoms with E-state index in [4.69, 9.17) is 0 Å². The van der Waals surface area contributed by atoms with Gasteiger partial charge in [0.15, 0.2) is 0 Å². The van der Waals surface area contributed by atoms with Gasteiger partial charge in [-0.1, -0.05) is 45.0 Å². The van der Waals surface area contributed by atoms with Crippen LogP contribution in [0.5, 0.6) is 0 Å². The molecule has 1 aromatic carbocycles. The van der Waals surface area contributed by atoms with Crippen molar-refractivity contribution in [3.05, 3.63) is 41.0 Å². The normalized spacial score (nSPS) is 20.0. The second kappa shape index (κ2) is 10.2. The number of carbonyl (C=O) groups is 3. The second-order valence-electron chi connectivity index (χ2n) is 10.0. The maximum atomic E-state index is 13.3. The van der Waals surface area contributed by atoms with E-state index in [2.05, 4.69) is 15.6 Å². The van der Waals surface area contributed by atoms with Gasteiger partial charge in [0, 0.05) is 19.9 Å². The molecule has 1 aromatic heterocycles. The van der Waals surface area contributed by atoms with E-state index >= 15 is 0 Å². The summed E-state index contributed by atoms with van der Waals surface area (Å²) in [5, 5.41) is 16.0. The van der Waals surface area contributed by atoms with Gasteiger partial charge in [-0.2, -0.15) is 0 Å². The third-order valence-corrected chi connectivity index (χ3v) is 7.08. The summed E-state index contributed by atoms with van der Waals surface area (Å²) in [7, 11) is 0. The van der Waals surface area contributed by atoms with Crippen molar-refractivity contribution in [2.45, 2.75) is 72.2 Å². The first kappa shape index (κ1) is 25.8. The highest BCUT2D eigenvalue weighted by Crippen LogP contribution is 2.29. The highest BCUT2D eigenvalue weighted by molar-refractivity contribution is 7.13. The lowest BCUT2D eigenvalue weighted by Gasteiger charge is -2.35. The lowest BCUT2D eigenvalue weighted by atomic mass is 9.85. The maximum absolute atomic E-state index is 13.3. The average molecular weight is 487 g/mol. The summed E-state index contributed by atoms with van der Waals surface area (Å²) >= 11 is 1.59. The number of nitrogens with one attached hydrogen (secondary N) is 2. The Labute approximate surface area is 204 Å². The molecule has 4 atom stereocenters. The molecule has 0 aliphatic carbocycles. The molecule has 34 heavy (non-hydrogen) atoms. The van der Waals surface area contributed by atoms with Crippen LogP contribution in [-0.4, -0.2) is 57.4 Å². The molecule has 184 valence electrons. The minimum absolute atomic E-state index is 0.0559. The van der Waals surface area contributed by atoms with Gasteiger partial charge in [0.2, 0.25) is 17.7 Å². The van der Waals surface area contributed by atoms with Crippen LogP contribution in [0.15, 0.2) is 29.8 Å². The van der Waals surface area contributed by atoms with Crippen LogP contribution in [0.2, 0.25) is 0 Å². The van der Waals surface area contributed by atoms with Crippen LogP contribution in [-0.2, 0) is 14.4 Å². The lowest BCUT2D eigenvalue weighted by molar-refractivity contribution is -0.144. The molecule has 0 radical (unpaired) electrons. The van der Waals surface area contributed by atoms with Crippen LogP contribution in [0, 0.1) is 12.3 Å². The zero-order valence-electron chi connectivity index (χ0n) is 20.6. The zero-order chi connectivity index (χ0) is 25.2. The van der Waals surface area contributed by atoms with Crippen molar-refractivity contribution < 1.29 is 19.5 Å². The number of aliphatic hydroxyl groups is 1. The molecular weight excluding hydrogens is 452 g/mol. The van der Waals surface area contributed by atoms with Crippen LogP contribution < -0.4 is 10.6 Å². The summed E-state index contributed by atoms with van der Waals surface area (Å²) in [6.07, 6.45) is -0.639. The average Bonchev–Trinajstić information content (AvgIpc) is 3.36. The lowest BCUT2D eigenvalue weighted by Crippen LogP contribution is -2.57. The number of aliphatic hydroxyl groups excluding tert-OH is 1. The number of aryl methyl sites for hydroxylation is 1. The van der Waals surface area contributed by atoms with E-state index in [1.54, 1.807) is 11.3 Å². The van der Waals surface area contributed by atoms with E-state index in [9.17, 15) is 19.5 Å². The third-order valence-electron chi connectivity index (χ3n) is 6.10. The Morgan fingerprint density at radius 1 is 1.18 bits per heavy atom. The predicted molar refractivity (Wildman–Crippen MR) is 132 cm³/mol. The summed E-state index contributed by atoms with van der Waals surface area (Å²) in [6, 6.07) is 6.07. The Morgan fingerprint density at radius 2 is 1.82 bits per heavy atom. The SMILES string of the molecule is CC(=O)NC(C(=O)N1CC(O)CC1C(=O)NC(C)c1ccc(-c2scnc2C)cc1)C(C)(C)C. The fourth-order valence-electron chi connectivity index (χ4n) is 4.22. The summed E-state index contributed by atoms with van der Waals surface area (Å²) in [5.74, 6) is -1.01. The first-order chi connectivity index (χ1) is 15.9. The molecule has 0 saturated carbocycles. The summed E-state index contributed by atoms with van der Waals surface area (Å²) in [5.41, 5.74) is 4.26. The highest BCUT2D eigenvalue weighted by Gasteiger charge is 2.44. The molecule has 0 spiro atoms. The highest BCUT2D eigenvalue weighted by atomic mass is 32.1. The number of carbonyl (C=O) groups excluding carboxylic acids is 3. The standard InChI is InChI=1S/C25H34N4O4S/c1-14(17-7-9-18(10-8-17)21-15(2)26-13-34-21)27-23(32)20-11-19(31)12-29(20)24(33)22(25(4,5)6)28-16(3)30/h7-10,13-14,19-20,22,31H,11-12H2,1-6H3,(H,27,32)(H,28,30). The Balaban J connectivity index is 1.72. The van der Waals surface area contributed by atoms with Crippen LogP contribution in [0.4, 0.5) is 0 Å². The molecule has 1 fully saturated rings. The molecule has 8 nitrogen and oxygen atoms in total. The smallest absolute Gasteiger partial charge is 0.246 e. The minimum atomic E-state index is -0.803. The van der Waals surface area contributed by atoms with Crippen LogP contribution in [0.25, 0.3) is 10.4 Å². The summed E-state index contributed by atoms with van der Waals surface area (Å²) in [4.78, 5) is 45.0. The van der Waals surface area contributed by atoms with E-state index < -0.39 is 23.6 Å². The van der Waals surface area contributed by atoms with Crippen molar-refractivity contribution in [3.8, 4) is 10.4 Å². The molecule has 0 bridgehead atoms. The monoisotopic (exact) mass is 486 g/mol. The van der Waals surface area contributed by atoms with Crippen LogP contribution >= 0.6 is 11.3 Å². The van der Waals surface area contributed by atoms with E-state index in [-0.39, 0.29) is 36.7 Å². The van der Waals surface area contributed by atoms with Gasteiger partial charge in [-0.3, -0.25) is 14.4 Å². The maximum Gasteiger partial charge on any atom is 0.246 e. The van der Waals surface area contributed by atoms with Gasteiger partial charge >= 0.3 is 0 Å². The number of hydrogen-bond acceptors (Lipinski definition) is 6. The summed E-state index contributed by atoms with van der Waals surface area (Å²) < 4.78 is 0. The Morgan fingerprint density at radius 3 is 2.35 bits per heavy atom. The number of hydrogen-bond donors (Lipinski definition) is 3. The van der Waals surface area contributed by atoms with Crippen LogP contribution in [0.1, 0.15) is 58.3 Å². The topological polar surface area (TPSA) is 112 Å². The van der Waals surface area contributed by atoms with Crippen LogP contribution in [0.3, 0.4) is 0 Å². The molecule has 2 aromatic rings. The fraction of sp³-hybridized carbons (Fsp3) is 0.520. The second-order valence-corrected chi connectivity index (χ2v) is 10.9. The van der Waals surface area contributed by atoms with Gasteiger partial charge in [-0.25, -0.2) is 4.98 Å². The first-order valence-corrected chi connectivity index (χ1v) is 12.3. The molecule has 3 amide bonds. The van der Waals surface area contributed by atoms with Crippen molar-refractivity contribution in [2.24, 2.45) is 5.41 Å². The Bertz CT molecular complexity index is 1040. The number of nitrogens with zero attached hydrogens (tertiary/aromatic N) is 2. The fourth-order valence-corrected chi connectivity index (χ4v) is 5.03. The van der Waals surface area contributed by atoms with Crippen molar-refractivity contribution in [1.29, 1.82) is 0 Å². The Kier molecular flexibility index (Phi) is 7.77. The molecule has 3 rings (SSSR count). The number of likely N-dealkylation sites (tertiary alicyclic amines) is 1. The first-order valence-electron chi connectivity index (χ1n) is 11.4. The number of amides is 3. The van der Waals surface area contributed by atoms with Crippen molar-refractivity contribution >= 4 is 29.1 Å². The van der Waals surface area contributed by atoms with E-state index in [1.807, 2.05) is 64.4 Å². The molecule has 1 aliphatic heterocycles. The van der Waals surface area contributed by atoms with Gasteiger partial charge in [-0.15, -0.1) is 11.3 Å². The predicted octanol–water partition coefficient (Wildman–Crippen LogP) is 2.81. The number of benzene rings is 1. The van der Waals surface area contributed by atoms with Crippen molar-refractivity contribution in [2.75, 3.05) is 6.54 Å². The summed E-state index contributed by atoms with van der Waals surface area (Å²) in [6.45, 7) is 10.8. The Hall–Kier alpha value is -2.78. The van der Waals surface area contributed by atoms with Gasteiger partial charge in [0.1, 0.15) is 12.1 Å². The molecule has 1 aliphatic rings. The van der Waals surface area contributed by atoms with E-state index in [0.29, 0.717) is 0 Å². The van der Waals surface area contributed by atoms with E-state index in [1.165, 1.54) is 11.8 Å².